The smallest absolute Gasteiger partial charge is 0.254 e. The van der Waals surface area contributed by atoms with E-state index in [-0.39, 0.29) is 17.7 Å². The molecular weight excluding hydrogens is 316 g/mol. The first-order valence-electron chi connectivity index (χ1n) is 9.25. The number of carbonyl (C=O) groups excluding carboxylic acids is 2. The van der Waals surface area contributed by atoms with Crippen molar-refractivity contribution in [3.8, 4) is 5.75 Å². The van der Waals surface area contributed by atoms with Crippen LogP contribution in [0.3, 0.4) is 0 Å². The predicted molar refractivity (Wildman–Crippen MR) is 96.9 cm³/mol. The Morgan fingerprint density at radius 2 is 1.64 bits per heavy atom. The molecule has 0 aromatic heterocycles. The van der Waals surface area contributed by atoms with Gasteiger partial charge >= 0.3 is 0 Å². The summed E-state index contributed by atoms with van der Waals surface area (Å²) in [6.45, 7) is 6.68. The Bertz CT molecular complexity index is 667. The van der Waals surface area contributed by atoms with Crippen molar-refractivity contribution in [1.29, 1.82) is 0 Å². The molecule has 2 aliphatic rings. The molecule has 2 amide bonds. The van der Waals surface area contributed by atoms with Crippen LogP contribution in [0.5, 0.6) is 5.75 Å². The van der Waals surface area contributed by atoms with Crippen molar-refractivity contribution in [2.45, 2.75) is 39.5 Å². The third-order valence-corrected chi connectivity index (χ3v) is 5.74. The van der Waals surface area contributed by atoms with Gasteiger partial charge in [-0.15, -0.1) is 0 Å². The van der Waals surface area contributed by atoms with Crippen LogP contribution >= 0.6 is 0 Å². The lowest BCUT2D eigenvalue weighted by Crippen LogP contribution is -2.41. The standard InChI is InChI=1S/C20H28N2O3/c1-14-15(2)18(25-3)9-8-17(14)20(24)22-11-5-10-21(12-13-22)19(23)16-6-4-7-16/h8-9,16H,4-7,10-13H2,1-3H3. The van der Waals surface area contributed by atoms with Gasteiger partial charge in [0.1, 0.15) is 5.75 Å². The van der Waals surface area contributed by atoms with Gasteiger partial charge in [0.15, 0.2) is 0 Å². The Kier molecular flexibility index (Phi) is 5.30. The normalized spacial score (nSPS) is 18.5. The average Bonchev–Trinajstić information content (AvgIpc) is 2.81. The molecule has 1 aliphatic heterocycles. The Morgan fingerprint density at radius 3 is 2.28 bits per heavy atom. The SMILES string of the molecule is COc1ccc(C(=O)N2CCCN(C(=O)C3CCC3)CC2)c(C)c1C. The highest BCUT2D eigenvalue weighted by Gasteiger charge is 2.31. The number of methoxy groups -OCH3 is 1. The van der Waals surface area contributed by atoms with E-state index in [1.807, 2.05) is 35.8 Å². The van der Waals surface area contributed by atoms with Crippen LogP contribution in [0.25, 0.3) is 0 Å². The maximum Gasteiger partial charge on any atom is 0.254 e. The average molecular weight is 344 g/mol. The van der Waals surface area contributed by atoms with E-state index in [0.717, 1.165) is 48.2 Å². The number of benzene rings is 1. The second-order valence-corrected chi connectivity index (χ2v) is 7.16. The molecule has 5 heteroatoms. The van der Waals surface area contributed by atoms with Gasteiger partial charge in [-0.25, -0.2) is 0 Å². The van der Waals surface area contributed by atoms with E-state index in [1.165, 1.54) is 6.42 Å². The van der Waals surface area contributed by atoms with Crippen LogP contribution in [-0.4, -0.2) is 54.9 Å². The van der Waals surface area contributed by atoms with Gasteiger partial charge in [0.25, 0.3) is 5.91 Å². The quantitative estimate of drug-likeness (QED) is 0.847. The summed E-state index contributed by atoms with van der Waals surface area (Å²) < 4.78 is 5.34. The van der Waals surface area contributed by atoms with E-state index in [4.69, 9.17) is 4.74 Å². The van der Waals surface area contributed by atoms with Crippen LogP contribution in [0, 0.1) is 19.8 Å². The molecule has 0 bridgehead atoms. The number of carbonyl (C=O) groups is 2. The lowest BCUT2D eigenvalue weighted by Gasteiger charge is -2.31. The molecule has 25 heavy (non-hydrogen) atoms. The van der Waals surface area contributed by atoms with Crippen LogP contribution in [0.4, 0.5) is 0 Å². The van der Waals surface area contributed by atoms with E-state index in [9.17, 15) is 9.59 Å². The highest BCUT2D eigenvalue weighted by atomic mass is 16.5. The Labute approximate surface area is 149 Å². The number of ether oxygens (including phenoxy) is 1. The van der Waals surface area contributed by atoms with Gasteiger partial charge in [-0.05, 0) is 56.4 Å². The number of hydrogen-bond acceptors (Lipinski definition) is 3. The minimum absolute atomic E-state index is 0.0567. The van der Waals surface area contributed by atoms with Crippen molar-refractivity contribution in [2.75, 3.05) is 33.3 Å². The third kappa shape index (κ3) is 3.51. The molecule has 0 spiro atoms. The maximum atomic E-state index is 13.0. The van der Waals surface area contributed by atoms with Gasteiger partial charge < -0.3 is 14.5 Å². The molecule has 1 saturated carbocycles. The van der Waals surface area contributed by atoms with Crippen LogP contribution in [0.2, 0.25) is 0 Å². The fourth-order valence-electron chi connectivity index (χ4n) is 3.67. The molecule has 136 valence electrons. The van der Waals surface area contributed by atoms with E-state index in [1.54, 1.807) is 7.11 Å². The lowest BCUT2D eigenvalue weighted by molar-refractivity contribution is -0.138. The van der Waals surface area contributed by atoms with E-state index >= 15 is 0 Å². The molecular formula is C20H28N2O3. The fraction of sp³-hybridized carbons (Fsp3) is 0.600. The summed E-state index contributed by atoms with van der Waals surface area (Å²) in [5, 5.41) is 0. The third-order valence-electron chi connectivity index (χ3n) is 5.74. The molecule has 3 rings (SSSR count). The number of hydrogen-bond donors (Lipinski definition) is 0. The molecule has 0 atom stereocenters. The van der Waals surface area contributed by atoms with E-state index < -0.39 is 0 Å². The van der Waals surface area contributed by atoms with Gasteiger partial charge in [-0.1, -0.05) is 6.42 Å². The molecule has 0 unspecified atom stereocenters. The fourth-order valence-corrected chi connectivity index (χ4v) is 3.67. The summed E-state index contributed by atoms with van der Waals surface area (Å²) in [5.74, 6) is 1.38. The minimum Gasteiger partial charge on any atom is -0.496 e. The molecule has 0 N–H and O–H groups in total. The molecule has 1 saturated heterocycles. The van der Waals surface area contributed by atoms with Gasteiger partial charge in [-0.3, -0.25) is 9.59 Å². The Morgan fingerprint density at radius 1 is 0.960 bits per heavy atom. The molecule has 5 nitrogen and oxygen atoms in total. The number of rotatable bonds is 3. The summed E-state index contributed by atoms with van der Waals surface area (Å²) in [4.78, 5) is 29.3. The molecule has 1 aliphatic carbocycles. The predicted octanol–water partition coefficient (Wildman–Crippen LogP) is 2.79. The highest BCUT2D eigenvalue weighted by molar-refractivity contribution is 5.96. The van der Waals surface area contributed by atoms with E-state index in [0.29, 0.717) is 19.6 Å². The van der Waals surface area contributed by atoms with Crippen molar-refractivity contribution in [1.82, 2.24) is 9.80 Å². The highest BCUT2D eigenvalue weighted by Crippen LogP contribution is 2.29. The zero-order valence-electron chi connectivity index (χ0n) is 15.5. The van der Waals surface area contributed by atoms with Crippen molar-refractivity contribution in [3.05, 3.63) is 28.8 Å². The van der Waals surface area contributed by atoms with E-state index in [2.05, 4.69) is 0 Å². The summed E-state index contributed by atoms with van der Waals surface area (Å²) in [5.41, 5.74) is 2.71. The minimum atomic E-state index is 0.0567. The van der Waals surface area contributed by atoms with Crippen molar-refractivity contribution in [3.63, 3.8) is 0 Å². The summed E-state index contributed by atoms with van der Waals surface area (Å²) in [7, 11) is 1.64. The Hall–Kier alpha value is -2.04. The number of nitrogens with zero attached hydrogens (tertiary/aromatic N) is 2. The van der Waals surface area contributed by atoms with Crippen LogP contribution in [0.1, 0.15) is 47.2 Å². The zero-order valence-corrected chi connectivity index (χ0v) is 15.5. The summed E-state index contributed by atoms with van der Waals surface area (Å²) in [6, 6.07) is 3.71. The monoisotopic (exact) mass is 344 g/mol. The zero-order chi connectivity index (χ0) is 18.0. The molecule has 2 fully saturated rings. The molecule has 1 aromatic carbocycles. The molecule has 1 aromatic rings. The van der Waals surface area contributed by atoms with Crippen molar-refractivity contribution < 1.29 is 14.3 Å². The Balaban J connectivity index is 1.69. The first-order chi connectivity index (χ1) is 12.0. The van der Waals surface area contributed by atoms with Gasteiger partial charge in [0.2, 0.25) is 5.91 Å². The van der Waals surface area contributed by atoms with Crippen molar-refractivity contribution >= 4 is 11.8 Å². The maximum absolute atomic E-state index is 13.0. The van der Waals surface area contributed by atoms with Gasteiger partial charge in [0.05, 0.1) is 7.11 Å². The topological polar surface area (TPSA) is 49.9 Å². The van der Waals surface area contributed by atoms with Crippen LogP contribution in [-0.2, 0) is 4.79 Å². The van der Waals surface area contributed by atoms with Gasteiger partial charge in [0, 0.05) is 37.7 Å². The van der Waals surface area contributed by atoms with Crippen LogP contribution in [0.15, 0.2) is 12.1 Å². The second kappa shape index (κ2) is 7.46. The number of amides is 2. The second-order valence-electron chi connectivity index (χ2n) is 7.16. The van der Waals surface area contributed by atoms with Gasteiger partial charge in [-0.2, -0.15) is 0 Å². The van der Waals surface area contributed by atoms with Crippen LogP contribution < -0.4 is 4.74 Å². The lowest BCUT2D eigenvalue weighted by atomic mass is 9.84. The van der Waals surface area contributed by atoms with Crippen molar-refractivity contribution in [2.24, 2.45) is 5.92 Å². The molecule has 1 heterocycles. The first-order valence-corrected chi connectivity index (χ1v) is 9.25. The molecule has 0 radical (unpaired) electrons. The summed E-state index contributed by atoms with van der Waals surface area (Å²) in [6.07, 6.45) is 4.08. The summed E-state index contributed by atoms with van der Waals surface area (Å²) >= 11 is 0. The first kappa shape index (κ1) is 17.8. The largest absolute Gasteiger partial charge is 0.496 e.